The van der Waals surface area contributed by atoms with Gasteiger partial charge in [-0.25, -0.2) is 19.6 Å². The summed E-state index contributed by atoms with van der Waals surface area (Å²) in [5, 5.41) is 13.2. The third-order valence-corrected chi connectivity index (χ3v) is 6.34. The monoisotopic (exact) mass is 497 g/mol. The lowest BCUT2D eigenvalue weighted by Gasteiger charge is -2.52. The lowest BCUT2D eigenvalue weighted by molar-refractivity contribution is -0.170. The van der Waals surface area contributed by atoms with Crippen molar-refractivity contribution < 1.29 is 28.7 Å². The maximum Gasteiger partial charge on any atom is 0.334 e. The maximum absolute atomic E-state index is 13.3. The van der Waals surface area contributed by atoms with E-state index in [9.17, 15) is 28.7 Å². The van der Waals surface area contributed by atoms with Crippen LogP contribution in [0, 0.1) is 5.82 Å². The van der Waals surface area contributed by atoms with E-state index < -0.39 is 24.2 Å². The lowest BCUT2D eigenvalue weighted by atomic mass is 10.0. The third kappa shape index (κ3) is 5.80. The molecular formula is C25H28FN5O5. The highest BCUT2D eigenvalue weighted by Crippen LogP contribution is 2.25. The van der Waals surface area contributed by atoms with E-state index in [1.54, 1.807) is 17.0 Å². The van der Waals surface area contributed by atoms with Gasteiger partial charge in [-0.2, -0.15) is 0 Å². The molecule has 4 rings (SSSR count). The van der Waals surface area contributed by atoms with Gasteiger partial charge in [0.25, 0.3) is 0 Å². The van der Waals surface area contributed by atoms with E-state index in [0.29, 0.717) is 18.5 Å². The SMILES string of the molecule is O=C(O)CC[C@H]1C(=O)N(CCc2ccccc2)C[C@@H]2N(C(=O)NCc3ccc(F)cc3)NCC(=O)N21. The van der Waals surface area contributed by atoms with Gasteiger partial charge >= 0.3 is 12.0 Å². The van der Waals surface area contributed by atoms with Crippen molar-refractivity contribution in [2.75, 3.05) is 19.6 Å². The number of piperazine rings is 1. The fourth-order valence-electron chi connectivity index (χ4n) is 4.51. The van der Waals surface area contributed by atoms with Crippen molar-refractivity contribution in [3.05, 3.63) is 71.5 Å². The molecule has 0 aliphatic carbocycles. The van der Waals surface area contributed by atoms with Gasteiger partial charge in [0.1, 0.15) is 18.0 Å². The van der Waals surface area contributed by atoms with Crippen LogP contribution in [-0.2, 0) is 27.3 Å². The minimum Gasteiger partial charge on any atom is -0.481 e. The largest absolute Gasteiger partial charge is 0.481 e. The zero-order chi connectivity index (χ0) is 25.7. The van der Waals surface area contributed by atoms with E-state index in [4.69, 9.17) is 0 Å². The fourth-order valence-corrected chi connectivity index (χ4v) is 4.51. The Morgan fingerprint density at radius 3 is 2.47 bits per heavy atom. The number of benzene rings is 2. The van der Waals surface area contributed by atoms with E-state index in [1.165, 1.54) is 22.0 Å². The number of amides is 4. The molecule has 3 N–H and O–H groups in total. The highest BCUT2D eigenvalue weighted by Gasteiger charge is 2.48. The van der Waals surface area contributed by atoms with Gasteiger partial charge in [0.2, 0.25) is 11.8 Å². The van der Waals surface area contributed by atoms with Crippen molar-refractivity contribution in [3.8, 4) is 0 Å². The number of carboxylic acid groups (broad SMARTS) is 1. The van der Waals surface area contributed by atoms with Crippen LogP contribution in [0.15, 0.2) is 54.6 Å². The zero-order valence-electron chi connectivity index (χ0n) is 19.6. The summed E-state index contributed by atoms with van der Waals surface area (Å²) in [6.07, 6.45) is -0.581. The third-order valence-electron chi connectivity index (χ3n) is 6.34. The van der Waals surface area contributed by atoms with Gasteiger partial charge in [-0.15, -0.1) is 0 Å². The number of hydrazine groups is 1. The van der Waals surface area contributed by atoms with Crippen molar-refractivity contribution in [2.45, 2.75) is 38.0 Å². The first-order chi connectivity index (χ1) is 17.3. The van der Waals surface area contributed by atoms with Crippen molar-refractivity contribution >= 4 is 23.8 Å². The highest BCUT2D eigenvalue weighted by molar-refractivity contribution is 5.91. The van der Waals surface area contributed by atoms with Crippen LogP contribution in [0.2, 0.25) is 0 Å². The highest BCUT2D eigenvalue weighted by atomic mass is 19.1. The van der Waals surface area contributed by atoms with Gasteiger partial charge in [0.15, 0.2) is 0 Å². The summed E-state index contributed by atoms with van der Waals surface area (Å²) in [6.45, 7) is 0.367. The Hall–Kier alpha value is -3.99. The molecule has 2 heterocycles. The molecule has 4 amide bonds. The van der Waals surface area contributed by atoms with E-state index in [-0.39, 0.29) is 50.1 Å². The Balaban J connectivity index is 1.52. The van der Waals surface area contributed by atoms with E-state index in [0.717, 1.165) is 5.56 Å². The molecule has 11 heteroatoms. The molecule has 0 bridgehead atoms. The molecule has 36 heavy (non-hydrogen) atoms. The molecule has 10 nitrogen and oxygen atoms in total. The smallest absolute Gasteiger partial charge is 0.334 e. The predicted molar refractivity (Wildman–Crippen MR) is 126 cm³/mol. The second-order valence-corrected chi connectivity index (χ2v) is 8.74. The number of carboxylic acids is 1. The van der Waals surface area contributed by atoms with Crippen LogP contribution < -0.4 is 10.7 Å². The average Bonchev–Trinajstić information content (AvgIpc) is 2.87. The molecule has 2 saturated heterocycles. The maximum atomic E-state index is 13.3. The number of fused-ring (bicyclic) bond motifs is 1. The molecule has 0 spiro atoms. The van der Waals surface area contributed by atoms with Crippen LogP contribution in [0.5, 0.6) is 0 Å². The van der Waals surface area contributed by atoms with Crippen LogP contribution >= 0.6 is 0 Å². The first-order valence-electron chi connectivity index (χ1n) is 11.7. The number of carbonyl (C=O) groups is 4. The number of nitrogens with one attached hydrogen (secondary N) is 2. The minimum atomic E-state index is -1.07. The van der Waals surface area contributed by atoms with E-state index >= 15 is 0 Å². The summed E-state index contributed by atoms with van der Waals surface area (Å²) >= 11 is 0. The Morgan fingerprint density at radius 2 is 1.78 bits per heavy atom. The second kappa shape index (κ2) is 11.2. The van der Waals surface area contributed by atoms with Crippen molar-refractivity contribution in [1.82, 2.24) is 25.6 Å². The number of carbonyl (C=O) groups excluding carboxylic acids is 3. The van der Waals surface area contributed by atoms with Crippen LogP contribution in [0.3, 0.4) is 0 Å². The number of halogens is 1. The van der Waals surface area contributed by atoms with Crippen LogP contribution in [0.1, 0.15) is 24.0 Å². The molecule has 2 aromatic rings. The molecule has 0 radical (unpaired) electrons. The normalized spacial score (nSPS) is 19.8. The van der Waals surface area contributed by atoms with Gasteiger partial charge in [-0.1, -0.05) is 42.5 Å². The Morgan fingerprint density at radius 1 is 1.06 bits per heavy atom. The van der Waals surface area contributed by atoms with Crippen molar-refractivity contribution in [1.29, 1.82) is 0 Å². The Bertz CT molecular complexity index is 1110. The molecule has 0 unspecified atom stereocenters. The predicted octanol–water partition coefficient (Wildman–Crippen LogP) is 1.33. The Kier molecular flexibility index (Phi) is 7.79. The molecular weight excluding hydrogens is 469 g/mol. The topological polar surface area (TPSA) is 122 Å². The molecule has 2 aliphatic rings. The number of rotatable bonds is 8. The number of hydrogen-bond donors (Lipinski definition) is 3. The summed E-state index contributed by atoms with van der Waals surface area (Å²) in [6, 6.07) is 13.8. The summed E-state index contributed by atoms with van der Waals surface area (Å²) in [7, 11) is 0. The van der Waals surface area contributed by atoms with Crippen LogP contribution in [-0.4, -0.2) is 75.6 Å². The van der Waals surface area contributed by atoms with Gasteiger partial charge in [0, 0.05) is 19.5 Å². The summed E-state index contributed by atoms with van der Waals surface area (Å²) in [4.78, 5) is 53.4. The quantitative estimate of drug-likeness (QED) is 0.506. The fraction of sp³-hybridized carbons (Fsp3) is 0.360. The molecule has 2 aromatic carbocycles. The lowest BCUT2D eigenvalue weighted by Crippen LogP contribution is -2.76. The van der Waals surface area contributed by atoms with Crippen LogP contribution in [0.25, 0.3) is 0 Å². The zero-order valence-corrected chi connectivity index (χ0v) is 19.6. The first-order valence-corrected chi connectivity index (χ1v) is 11.7. The average molecular weight is 498 g/mol. The van der Waals surface area contributed by atoms with Gasteiger partial charge in [-0.3, -0.25) is 14.4 Å². The van der Waals surface area contributed by atoms with Crippen molar-refractivity contribution in [2.24, 2.45) is 0 Å². The molecule has 2 atom stereocenters. The number of nitrogens with zero attached hydrogens (tertiary/aromatic N) is 3. The minimum absolute atomic E-state index is 0.0523. The van der Waals surface area contributed by atoms with E-state index in [2.05, 4.69) is 10.7 Å². The second-order valence-electron chi connectivity index (χ2n) is 8.74. The molecule has 2 aliphatic heterocycles. The Labute approximate surface area is 207 Å². The van der Waals surface area contributed by atoms with Crippen LogP contribution in [0.4, 0.5) is 9.18 Å². The summed E-state index contributed by atoms with van der Waals surface area (Å²) in [5.41, 5.74) is 4.54. The van der Waals surface area contributed by atoms with Gasteiger partial charge in [0.05, 0.1) is 13.1 Å². The number of hydrogen-bond acceptors (Lipinski definition) is 5. The summed E-state index contributed by atoms with van der Waals surface area (Å²) in [5.74, 6) is -2.16. The number of urea groups is 1. The molecule has 0 aromatic heterocycles. The first kappa shape index (κ1) is 25.1. The molecule has 2 fully saturated rings. The molecule has 0 saturated carbocycles. The standard InChI is InChI=1S/C25H28FN5O5/c26-19-8-6-18(7-9-19)14-27-25(36)31-21-16-29(13-12-17-4-2-1-3-5-17)24(35)20(10-11-23(33)34)30(21)22(32)15-28-31/h1-9,20-21,28H,10-16H2,(H,27,36)(H,33,34)/t20-,21-/m0/s1. The summed E-state index contributed by atoms with van der Waals surface area (Å²) < 4.78 is 13.2. The van der Waals surface area contributed by atoms with Crippen molar-refractivity contribution in [3.63, 3.8) is 0 Å². The molecule has 190 valence electrons. The van der Waals surface area contributed by atoms with E-state index in [1.807, 2.05) is 30.3 Å². The number of aliphatic carboxylic acids is 1. The van der Waals surface area contributed by atoms with Gasteiger partial charge < -0.3 is 20.2 Å². The van der Waals surface area contributed by atoms with Gasteiger partial charge in [-0.05, 0) is 36.1 Å².